The summed E-state index contributed by atoms with van der Waals surface area (Å²) >= 11 is 1.84. The highest BCUT2D eigenvalue weighted by atomic mass is 32.2. The predicted octanol–water partition coefficient (Wildman–Crippen LogP) is 2.50. The summed E-state index contributed by atoms with van der Waals surface area (Å²) in [5, 5.41) is 8.98. The number of thioether (sulfide) groups is 1. The molecule has 3 nitrogen and oxygen atoms in total. The smallest absolute Gasteiger partial charge is 0.335 e. The molecule has 2 rings (SSSR count). The summed E-state index contributed by atoms with van der Waals surface area (Å²) in [6.45, 7) is 2.13. The molecule has 1 aromatic rings. The molecule has 0 fully saturated rings. The van der Waals surface area contributed by atoms with Gasteiger partial charge < -0.3 is 10.0 Å². The van der Waals surface area contributed by atoms with Crippen LogP contribution < -0.4 is 4.90 Å². The second-order valence-electron chi connectivity index (χ2n) is 4.23. The molecule has 1 aliphatic rings. The molecule has 92 valence electrons. The number of carboxylic acids is 1. The Hall–Kier alpha value is -1.16. The molecule has 0 saturated heterocycles. The van der Waals surface area contributed by atoms with Gasteiger partial charge in [-0.2, -0.15) is 11.8 Å². The number of carboxylic acid groups (broad SMARTS) is 1. The van der Waals surface area contributed by atoms with Gasteiger partial charge in [0.25, 0.3) is 0 Å². The fraction of sp³-hybridized carbons (Fsp3) is 0.462. The van der Waals surface area contributed by atoms with Crippen molar-refractivity contribution in [2.24, 2.45) is 0 Å². The number of nitrogens with zero attached hydrogens (tertiary/aromatic N) is 1. The van der Waals surface area contributed by atoms with Gasteiger partial charge in [0.2, 0.25) is 0 Å². The maximum atomic E-state index is 10.9. The van der Waals surface area contributed by atoms with Crippen LogP contribution in [0.1, 0.15) is 22.3 Å². The number of hydrogen-bond donors (Lipinski definition) is 1. The van der Waals surface area contributed by atoms with E-state index >= 15 is 0 Å². The second-order valence-corrected chi connectivity index (χ2v) is 5.22. The van der Waals surface area contributed by atoms with Gasteiger partial charge in [0.15, 0.2) is 0 Å². The molecule has 0 unspecified atom stereocenters. The van der Waals surface area contributed by atoms with Gasteiger partial charge >= 0.3 is 5.97 Å². The zero-order valence-electron chi connectivity index (χ0n) is 9.98. The fourth-order valence-electron chi connectivity index (χ4n) is 2.24. The molecule has 4 heteroatoms. The van der Waals surface area contributed by atoms with Crippen LogP contribution in [0.5, 0.6) is 0 Å². The van der Waals surface area contributed by atoms with Crippen molar-refractivity contribution in [2.45, 2.75) is 12.8 Å². The molecule has 0 bridgehead atoms. The fourth-order valence-corrected chi connectivity index (χ4v) is 2.64. The standard InChI is InChI=1S/C13H17NO2S/c1-17-8-7-14-6-2-3-10-9-11(13(15)16)4-5-12(10)14/h4-5,9H,2-3,6-8H2,1H3,(H,15,16). The summed E-state index contributed by atoms with van der Waals surface area (Å²) in [6.07, 6.45) is 4.22. The summed E-state index contributed by atoms with van der Waals surface area (Å²) in [7, 11) is 0. The van der Waals surface area contributed by atoms with Gasteiger partial charge in [-0.05, 0) is 42.9 Å². The van der Waals surface area contributed by atoms with Crippen molar-refractivity contribution in [3.8, 4) is 0 Å². The van der Waals surface area contributed by atoms with Crippen LogP contribution in [0.4, 0.5) is 5.69 Å². The van der Waals surface area contributed by atoms with Gasteiger partial charge in [-0.1, -0.05) is 0 Å². The van der Waals surface area contributed by atoms with E-state index in [0.717, 1.165) is 31.7 Å². The number of aromatic carboxylic acids is 1. The first kappa shape index (κ1) is 12.3. The van der Waals surface area contributed by atoms with Crippen LogP contribution in [-0.4, -0.2) is 36.2 Å². The molecule has 17 heavy (non-hydrogen) atoms. The Bertz CT molecular complexity index is 420. The Morgan fingerprint density at radius 3 is 3.06 bits per heavy atom. The lowest BCUT2D eigenvalue weighted by molar-refractivity contribution is 0.0697. The highest BCUT2D eigenvalue weighted by molar-refractivity contribution is 7.98. The molecule has 1 heterocycles. The molecule has 0 saturated carbocycles. The molecular formula is C13H17NO2S. The number of fused-ring (bicyclic) bond motifs is 1. The van der Waals surface area contributed by atoms with Crippen LogP contribution in [-0.2, 0) is 6.42 Å². The second kappa shape index (κ2) is 5.45. The third-order valence-electron chi connectivity index (χ3n) is 3.11. The lowest BCUT2D eigenvalue weighted by Crippen LogP contribution is -2.31. The van der Waals surface area contributed by atoms with E-state index in [9.17, 15) is 4.79 Å². The zero-order valence-corrected chi connectivity index (χ0v) is 10.8. The topological polar surface area (TPSA) is 40.5 Å². The van der Waals surface area contributed by atoms with E-state index in [4.69, 9.17) is 5.11 Å². The van der Waals surface area contributed by atoms with Crippen molar-refractivity contribution in [2.75, 3.05) is 30.0 Å². The van der Waals surface area contributed by atoms with Crippen LogP contribution in [0.15, 0.2) is 18.2 Å². The minimum absolute atomic E-state index is 0.399. The van der Waals surface area contributed by atoms with Crippen LogP contribution in [0.25, 0.3) is 0 Å². The van der Waals surface area contributed by atoms with Gasteiger partial charge in [-0.3, -0.25) is 0 Å². The van der Waals surface area contributed by atoms with E-state index in [1.54, 1.807) is 6.07 Å². The van der Waals surface area contributed by atoms with Crippen LogP contribution in [0.2, 0.25) is 0 Å². The SMILES string of the molecule is CSCCN1CCCc2cc(C(=O)O)ccc21. The average molecular weight is 251 g/mol. The predicted molar refractivity (Wildman–Crippen MR) is 72.3 cm³/mol. The maximum Gasteiger partial charge on any atom is 0.335 e. The first-order chi connectivity index (χ1) is 8.22. The van der Waals surface area contributed by atoms with Crippen LogP contribution in [0, 0.1) is 0 Å². The minimum atomic E-state index is -0.839. The summed E-state index contributed by atoms with van der Waals surface area (Å²) in [5.41, 5.74) is 2.79. The number of carbonyl (C=O) groups is 1. The lowest BCUT2D eigenvalue weighted by atomic mass is 9.99. The minimum Gasteiger partial charge on any atom is -0.478 e. The largest absolute Gasteiger partial charge is 0.478 e. The number of hydrogen-bond acceptors (Lipinski definition) is 3. The molecule has 0 aromatic heterocycles. The summed E-state index contributed by atoms with van der Waals surface area (Å²) < 4.78 is 0. The van der Waals surface area contributed by atoms with Gasteiger partial charge in [-0.25, -0.2) is 4.79 Å². The van der Waals surface area contributed by atoms with E-state index in [1.807, 2.05) is 23.9 Å². The third-order valence-corrected chi connectivity index (χ3v) is 3.70. The highest BCUT2D eigenvalue weighted by Gasteiger charge is 2.17. The Labute approximate surface area is 106 Å². The molecule has 0 atom stereocenters. The van der Waals surface area contributed by atoms with Gasteiger partial charge in [0.05, 0.1) is 5.56 Å². The van der Waals surface area contributed by atoms with Gasteiger partial charge in [-0.15, -0.1) is 0 Å². The quantitative estimate of drug-likeness (QED) is 0.892. The van der Waals surface area contributed by atoms with E-state index < -0.39 is 5.97 Å². The van der Waals surface area contributed by atoms with E-state index in [0.29, 0.717) is 5.56 Å². The van der Waals surface area contributed by atoms with E-state index in [2.05, 4.69) is 11.2 Å². The summed E-state index contributed by atoms with van der Waals surface area (Å²) in [6, 6.07) is 5.49. The zero-order chi connectivity index (χ0) is 12.3. The Balaban J connectivity index is 2.23. The number of aryl methyl sites for hydroxylation is 1. The summed E-state index contributed by atoms with van der Waals surface area (Å²) in [4.78, 5) is 13.3. The Kier molecular flexibility index (Phi) is 3.94. The monoisotopic (exact) mass is 251 g/mol. The van der Waals surface area contributed by atoms with E-state index in [1.165, 1.54) is 11.3 Å². The molecule has 0 radical (unpaired) electrons. The van der Waals surface area contributed by atoms with Crippen molar-refractivity contribution in [3.63, 3.8) is 0 Å². The molecule has 0 spiro atoms. The normalized spacial score (nSPS) is 14.5. The van der Waals surface area contributed by atoms with Crippen molar-refractivity contribution < 1.29 is 9.90 Å². The molecule has 1 N–H and O–H groups in total. The van der Waals surface area contributed by atoms with Crippen molar-refractivity contribution in [1.29, 1.82) is 0 Å². The maximum absolute atomic E-state index is 10.9. The first-order valence-corrected chi connectivity index (χ1v) is 7.22. The lowest BCUT2D eigenvalue weighted by Gasteiger charge is -2.31. The molecule has 1 aliphatic heterocycles. The van der Waals surface area contributed by atoms with Crippen LogP contribution in [0.3, 0.4) is 0 Å². The first-order valence-electron chi connectivity index (χ1n) is 5.82. The van der Waals surface area contributed by atoms with Crippen molar-refractivity contribution in [1.82, 2.24) is 0 Å². The number of rotatable bonds is 4. The van der Waals surface area contributed by atoms with Crippen molar-refractivity contribution >= 4 is 23.4 Å². The highest BCUT2D eigenvalue weighted by Crippen LogP contribution is 2.28. The molecule has 0 amide bonds. The molecular weight excluding hydrogens is 234 g/mol. The molecule has 1 aromatic carbocycles. The summed E-state index contributed by atoms with van der Waals surface area (Å²) in [5.74, 6) is 0.272. The van der Waals surface area contributed by atoms with Gasteiger partial charge in [0, 0.05) is 24.5 Å². The van der Waals surface area contributed by atoms with Crippen molar-refractivity contribution in [3.05, 3.63) is 29.3 Å². The van der Waals surface area contributed by atoms with E-state index in [-0.39, 0.29) is 0 Å². The molecule has 0 aliphatic carbocycles. The van der Waals surface area contributed by atoms with Crippen LogP contribution >= 0.6 is 11.8 Å². The Morgan fingerprint density at radius 1 is 1.53 bits per heavy atom. The average Bonchev–Trinajstić information content (AvgIpc) is 2.35. The number of anilines is 1. The third kappa shape index (κ3) is 2.75. The number of benzene rings is 1. The van der Waals surface area contributed by atoms with Gasteiger partial charge in [0.1, 0.15) is 0 Å². The Morgan fingerprint density at radius 2 is 2.35 bits per heavy atom.